The van der Waals surface area contributed by atoms with E-state index in [0.717, 1.165) is 5.75 Å². The Morgan fingerprint density at radius 3 is 2.68 bits per heavy atom. The molecule has 1 saturated heterocycles. The van der Waals surface area contributed by atoms with Gasteiger partial charge in [0.2, 0.25) is 0 Å². The van der Waals surface area contributed by atoms with Crippen molar-refractivity contribution < 1.29 is 18.9 Å². The van der Waals surface area contributed by atoms with E-state index >= 15 is 0 Å². The van der Waals surface area contributed by atoms with Gasteiger partial charge in [0.05, 0.1) is 22.1 Å². The molecule has 1 fully saturated rings. The lowest BCUT2D eigenvalue weighted by Crippen LogP contribution is -2.27. The molecular formula is C22H16N2O5S2. The van der Waals surface area contributed by atoms with Crippen molar-refractivity contribution in [2.24, 2.45) is 0 Å². The first-order valence-corrected chi connectivity index (χ1v) is 10.5. The molecule has 2 aromatic carbocycles. The summed E-state index contributed by atoms with van der Waals surface area (Å²) >= 11 is 6.58. The van der Waals surface area contributed by atoms with Crippen LogP contribution < -0.4 is 9.64 Å². The monoisotopic (exact) mass is 452 g/mol. The summed E-state index contributed by atoms with van der Waals surface area (Å²) in [6, 6.07) is 16.7. The minimum Gasteiger partial charge on any atom is -0.494 e. The summed E-state index contributed by atoms with van der Waals surface area (Å²) in [6.07, 6.45) is 1.62. The van der Waals surface area contributed by atoms with Crippen LogP contribution in [0.25, 0.3) is 17.4 Å². The molecule has 9 heteroatoms. The minimum atomic E-state index is -0.459. The Balaban J connectivity index is 1.56. The van der Waals surface area contributed by atoms with Crippen molar-refractivity contribution >= 4 is 51.7 Å². The number of carbonyl (C=O) groups is 1. The standard InChI is InChI=1S/C22H16N2O5S2/c1-2-28-17-8-6-15(7-9-17)23-21(25)20(31-22(23)30)13-18-10-11-19(29-18)14-4-3-5-16(12-14)24(26)27/h3-13H,2H2,1H3/b20-13-. The predicted molar refractivity (Wildman–Crippen MR) is 124 cm³/mol. The molecule has 0 saturated carbocycles. The number of hydrogen-bond donors (Lipinski definition) is 0. The van der Waals surface area contributed by atoms with Gasteiger partial charge < -0.3 is 9.15 Å². The summed E-state index contributed by atoms with van der Waals surface area (Å²) in [5.41, 5.74) is 1.22. The molecule has 2 heterocycles. The van der Waals surface area contributed by atoms with Gasteiger partial charge in [0.15, 0.2) is 4.32 Å². The minimum absolute atomic E-state index is 0.0216. The van der Waals surface area contributed by atoms with Crippen molar-refractivity contribution in [2.75, 3.05) is 11.5 Å². The van der Waals surface area contributed by atoms with Crippen LogP contribution in [0.15, 0.2) is 70.0 Å². The fraction of sp³-hybridized carbons (Fsp3) is 0.0909. The molecular weight excluding hydrogens is 436 g/mol. The molecule has 0 atom stereocenters. The van der Waals surface area contributed by atoms with E-state index in [1.807, 2.05) is 6.92 Å². The Morgan fingerprint density at radius 2 is 1.97 bits per heavy atom. The van der Waals surface area contributed by atoms with Gasteiger partial charge in [-0.15, -0.1) is 0 Å². The third-order valence-corrected chi connectivity index (χ3v) is 5.74. The average Bonchev–Trinajstić information content (AvgIpc) is 3.34. The third kappa shape index (κ3) is 4.37. The molecule has 1 aliphatic heterocycles. The highest BCUT2D eigenvalue weighted by atomic mass is 32.2. The van der Waals surface area contributed by atoms with Gasteiger partial charge in [-0.2, -0.15) is 0 Å². The van der Waals surface area contributed by atoms with Gasteiger partial charge in [0.1, 0.15) is 17.3 Å². The summed E-state index contributed by atoms with van der Waals surface area (Å²) in [5.74, 6) is 1.40. The number of benzene rings is 2. The third-order valence-electron chi connectivity index (χ3n) is 4.44. The van der Waals surface area contributed by atoms with Gasteiger partial charge in [0, 0.05) is 23.8 Å². The number of ether oxygens (including phenoxy) is 1. The van der Waals surface area contributed by atoms with Crippen molar-refractivity contribution in [3.63, 3.8) is 0 Å². The summed E-state index contributed by atoms with van der Waals surface area (Å²) in [5, 5.41) is 11.0. The molecule has 1 aromatic heterocycles. The second kappa shape index (κ2) is 8.75. The Bertz CT molecular complexity index is 1200. The van der Waals surface area contributed by atoms with Gasteiger partial charge in [-0.05, 0) is 43.3 Å². The van der Waals surface area contributed by atoms with E-state index in [1.165, 1.54) is 28.8 Å². The maximum atomic E-state index is 12.9. The van der Waals surface area contributed by atoms with Crippen LogP contribution in [-0.4, -0.2) is 21.8 Å². The molecule has 0 bridgehead atoms. The number of rotatable bonds is 6. The first-order chi connectivity index (χ1) is 15.0. The van der Waals surface area contributed by atoms with Crippen molar-refractivity contribution in [1.82, 2.24) is 0 Å². The van der Waals surface area contributed by atoms with E-state index in [1.54, 1.807) is 54.6 Å². The topological polar surface area (TPSA) is 85.8 Å². The van der Waals surface area contributed by atoms with Crippen LogP contribution in [0.4, 0.5) is 11.4 Å². The summed E-state index contributed by atoms with van der Waals surface area (Å²) in [4.78, 5) is 25.4. The molecule has 1 aliphatic rings. The molecule has 3 aromatic rings. The van der Waals surface area contributed by atoms with Crippen LogP contribution in [0.1, 0.15) is 12.7 Å². The van der Waals surface area contributed by atoms with E-state index in [0.29, 0.717) is 38.6 Å². The summed E-state index contributed by atoms with van der Waals surface area (Å²) in [6.45, 7) is 2.46. The van der Waals surface area contributed by atoms with Crippen LogP contribution in [-0.2, 0) is 4.79 Å². The predicted octanol–water partition coefficient (Wildman–Crippen LogP) is 5.66. The molecule has 31 heavy (non-hydrogen) atoms. The van der Waals surface area contributed by atoms with E-state index in [-0.39, 0.29) is 11.6 Å². The molecule has 0 radical (unpaired) electrons. The zero-order valence-corrected chi connectivity index (χ0v) is 17.9. The fourth-order valence-electron chi connectivity index (χ4n) is 3.04. The number of nitro groups is 1. The molecule has 0 spiro atoms. The van der Waals surface area contributed by atoms with Gasteiger partial charge in [0.25, 0.3) is 11.6 Å². The number of non-ortho nitro benzene ring substituents is 1. The Hall–Kier alpha value is -3.43. The number of furan rings is 1. The number of thioether (sulfide) groups is 1. The largest absolute Gasteiger partial charge is 0.494 e. The molecule has 7 nitrogen and oxygen atoms in total. The SMILES string of the molecule is CCOc1ccc(N2C(=O)/C(=C/c3ccc(-c4cccc([N+](=O)[O-])c4)o3)SC2=S)cc1. The Morgan fingerprint density at radius 1 is 1.19 bits per heavy atom. The number of anilines is 1. The molecule has 156 valence electrons. The zero-order chi connectivity index (χ0) is 22.0. The maximum Gasteiger partial charge on any atom is 0.270 e. The second-order valence-corrected chi connectivity index (χ2v) is 8.13. The van der Waals surface area contributed by atoms with Crippen molar-refractivity contribution in [2.45, 2.75) is 6.92 Å². The van der Waals surface area contributed by atoms with Gasteiger partial charge in [-0.1, -0.05) is 36.1 Å². The van der Waals surface area contributed by atoms with E-state index in [9.17, 15) is 14.9 Å². The highest BCUT2D eigenvalue weighted by Gasteiger charge is 2.33. The van der Waals surface area contributed by atoms with Crippen LogP contribution >= 0.6 is 24.0 Å². The lowest BCUT2D eigenvalue weighted by atomic mass is 10.1. The first kappa shape index (κ1) is 20.8. The van der Waals surface area contributed by atoms with Crippen LogP contribution in [0.5, 0.6) is 5.75 Å². The first-order valence-electron chi connectivity index (χ1n) is 9.31. The zero-order valence-electron chi connectivity index (χ0n) is 16.3. The van der Waals surface area contributed by atoms with Crippen molar-refractivity contribution in [3.8, 4) is 17.1 Å². The quantitative estimate of drug-likeness (QED) is 0.206. The van der Waals surface area contributed by atoms with Crippen LogP contribution in [0, 0.1) is 10.1 Å². The Kier molecular flexibility index (Phi) is 5.88. The molecule has 0 unspecified atom stereocenters. The number of carbonyl (C=O) groups excluding carboxylic acids is 1. The number of nitrogens with zero attached hydrogens (tertiary/aromatic N) is 2. The second-order valence-electron chi connectivity index (χ2n) is 6.45. The summed E-state index contributed by atoms with van der Waals surface area (Å²) in [7, 11) is 0. The van der Waals surface area contributed by atoms with Gasteiger partial charge in [-0.3, -0.25) is 19.8 Å². The Labute approximate surface area is 187 Å². The van der Waals surface area contributed by atoms with Crippen LogP contribution in [0.2, 0.25) is 0 Å². The lowest BCUT2D eigenvalue weighted by molar-refractivity contribution is -0.384. The van der Waals surface area contributed by atoms with Crippen LogP contribution in [0.3, 0.4) is 0 Å². The van der Waals surface area contributed by atoms with Gasteiger partial charge in [-0.25, -0.2) is 0 Å². The average molecular weight is 453 g/mol. The molecule has 4 rings (SSSR count). The normalized spacial score (nSPS) is 15.0. The smallest absolute Gasteiger partial charge is 0.270 e. The molecule has 0 aliphatic carbocycles. The van der Waals surface area contributed by atoms with E-state index < -0.39 is 4.92 Å². The molecule has 1 amide bonds. The number of hydrogen-bond acceptors (Lipinski definition) is 7. The maximum absolute atomic E-state index is 12.9. The van der Waals surface area contributed by atoms with E-state index in [2.05, 4.69) is 0 Å². The lowest BCUT2D eigenvalue weighted by Gasteiger charge is -2.15. The van der Waals surface area contributed by atoms with E-state index in [4.69, 9.17) is 21.4 Å². The molecule has 0 N–H and O–H groups in total. The number of amides is 1. The van der Waals surface area contributed by atoms with Crippen molar-refractivity contribution in [1.29, 1.82) is 0 Å². The number of thiocarbonyl (C=S) groups is 1. The number of nitro benzene ring substituents is 1. The fourth-order valence-corrected chi connectivity index (χ4v) is 4.32. The van der Waals surface area contributed by atoms with Gasteiger partial charge >= 0.3 is 0 Å². The van der Waals surface area contributed by atoms with Crippen molar-refractivity contribution in [3.05, 3.63) is 81.4 Å². The summed E-state index contributed by atoms with van der Waals surface area (Å²) < 4.78 is 11.6. The highest BCUT2D eigenvalue weighted by Crippen LogP contribution is 2.37. The highest BCUT2D eigenvalue weighted by molar-refractivity contribution is 8.27.